The van der Waals surface area contributed by atoms with E-state index in [-0.39, 0.29) is 30.7 Å². The van der Waals surface area contributed by atoms with Crippen molar-refractivity contribution in [3.05, 3.63) is 64.7 Å². The maximum absolute atomic E-state index is 11.9. The Bertz CT molecular complexity index is 715. The van der Waals surface area contributed by atoms with Crippen molar-refractivity contribution in [3.63, 3.8) is 0 Å². The Morgan fingerprint density at radius 2 is 1.92 bits per heavy atom. The average molecular weight is 348 g/mol. The molecule has 2 rings (SSSR count). The van der Waals surface area contributed by atoms with Crippen LogP contribution in [0.3, 0.4) is 0 Å². The van der Waals surface area contributed by atoms with Crippen LogP contribution in [0.2, 0.25) is 5.02 Å². The number of amides is 1. The number of hydrogen-bond donors (Lipinski definition) is 2. The average Bonchev–Trinajstić information content (AvgIpc) is 2.55. The van der Waals surface area contributed by atoms with E-state index in [9.17, 15) is 14.7 Å². The fraction of sp³-hybridized carbons (Fsp3) is 0.222. The molecular weight excluding hydrogens is 330 g/mol. The van der Waals surface area contributed by atoms with Crippen LogP contribution in [0.15, 0.2) is 48.5 Å². The first-order valence-corrected chi connectivity index (χ1v) is 7.80. The molecule has 6 heteroatoms. The van der Waals surface area contributed by atoms with Gasteiger partial charge in [0.1, 0.15) is 5.75 Å². The first-order valence-electron chi connectivity index (χ1n) is 7.42. The van der Waals surface area contributed by atoms with Gasteiger partial charge in [-0.25, -0.2) is 0 Å². The summed E-state index contributed by atoms with van der Waals surface area (Å²) in [6.07, 6.45) is 0.0391. The number of carbonyl (C=O) groups is 2. The molecule has 0 aliphatic heterocycles. The Morgan fingerprint density at radius 3 is 2.58 bits per heavy atom. The molecule has 0 saturated carbocycles. The Morgan fingerprint density at radius 1 is 1.21 bits per heavy atom. The molecule has 0 fully saturated rings. The third kappa shape index (κ3) is 5.59. The summed E-state index contributed by atoms with van der Waals surface area (Å²) in [5.41, 5.74) is 1.57. The number of halogens is 1. The third-order valence-corrected chi connectivity index (χ3v) is 3.61. The first-order chi connectivity index (χ1) is 11.4. The minimum atomic E-state index is -0.508. The Labute approximate surface area is 145 Å². The lowest BCUT2D eigenvalue weighted by atomic mass is 10.1. The van der Waals surface area contributed by atoms with Crippen LogP contribution in [-0.2, 0) is 20.7 Å². The molecule has 0 aliphatic carbocycles. The Hall–Kier alpha value is -2.53. The number of phenols is 1. The van der Waals surface area contributed by atoms with Gasteiger partial charge in [0.25, 0.3) is 5.91 Å². The van der Waals surface area contributed by atoms with Crippen LogP contribution in [0.1, 0.15) is 24.1 Å². The largest absolute Gasteiger partial charge is 0.508 e. The van der Waals surface area contributed by atoms with Gasteiger partial charge in [0, 0.05) is 5.02 Å². The van der Waals surface area contributed by atoms with E-state index in [0.29, 0.717) is 10.6 Å². The van der Waals surface area contributed by atoms with E-state index in [2.05, 4.69) is 5.32 Å². The van der Waals surface area contributed by atoms with Crippen LogP contribution in [0, 0.1) is 0 Å². The van der Waals surface area contributed by atoms with Crippen molar-refractivity contribution in [3.8, 4) is 5.75 Å². The summed E-state index contributed by atoms with van der Waals surface area (Å²) in [5, 5.41) is 12.5. The van der Waals surface area contributed by atoms with E-state index in [1.807, 2.05) is 13.0 Å². The quantitative estimate of drug-likeness (QED) is 0.788. The Balaban J connectivity index is 1.78. The highest BCUT2D eigenvalue weighted by Gasteiger charge is 2.12. The second kappa shape index (κ2) is 8.36. The van der Waals surface area contributed by atoms with E-state index in [1.165, 1.54) is 12.1 Å². The lowest BCUT2D eigenvalue weighted by molar-refractivity contribution is -0.148. The molecule has 2 aromatic rings. The van der Waals surface area contributed by atoms with Crippen LogP contribution in [0.25, 0.3) is 0 Å². The van der Waals surface area contributed by atoms with Crippen molar-refractivity contribution >= 4 is 23.5 Å². The molecule has 2 N–H and O–H groups in total. The Kier molecular flexibility index (Phi) is 6.21. The number of benzene rings is 2. The van der Waals surface area contributed by atoms with E-state index >= 15 is 0 Å². The maximum atomic E-state index is 11.9. The van der Waals surface area contributed by atoms with Gasteiger partial charge < -0.3 is 15.2 Å². The molecule has 24 heavy (non-hydrogen) atoms. The smallest absolute Gasteiger partial charge is 0.310 e. The van der Waals surface area contributed by atoms with Gasteiger partial charge in [-0.1, -0.05) is 35.9 Å². The molecule has 0 aromatic heterocycles. The number of esters is 1. The highest BCUT2D eigenvalue weighted by molar-refractivity contribution is 6.30. The number of carbonyl (C=O) groups excluding carboxylic acids is 2. The summed E-state index contributed by atoms with van der Waals surface area (Å²) in [6.45, 7) is 1.48. The number of phenolic OH excluding ortho intramolecular Hbond substituents is 1. The molecule has 0 heterocycles. The van der Waals surface area contributed by atoms with Gasteiger partial charge in [0.05, 0.1) is 12.5 Å². The molecule has 0 aliphatic rings. The minimum absolute atomic E-state index is 0.0391. The van der Waals surface area contributed by atoms with Crippen molar-refractivity contribution in [2.24, 2.45) is 0 Å². The van der Waals surface area contributed by atoms with E-state index in [0.717, 1.165) is 5.56 Å². The van der Waals surface area contributed by atoms with Crippen molar-refractivity contribution in [2.45, 2.75) is 19.4 Å². The fourth-order valence-electron chi connectivity index (χ4n) is 2.12. The second-order valence-electron chi connectivity index (χ2n) is 5.35. The topological polar surface area (TPSA) is 75.6 Å². The van der Waals surface area contributed by atoms with Crippen molar-refractivity contribution < 1.29 is 19.4 Å². The highest BCUT2D eigenvalue weighted by atomic mass is 35.5. The van der Waals surface area contributed by atoms with E-state index in [1.54, 1.807) is 30.3 Å². The van der Waals surface area contributed by atoms with Crippen molar-refractivity contribution in [2.75, 3.05) is 6.61 Å². The predicted octanol–water partition coefficient (Wildman–Crippen LogP) is 3.01. The van der Waals surface area contributed by atoms with E-state index in [4.69, 9.17) is 16.3 Å². The molecule has 0 saturated heterocycles. The summed E-state index contributed by atoms with van der Waals surface area (Å²) >= 11 is 5.92. The zero-order chi connectivity index (χ0) is 17.5. The molecular formula is C18H18ClNO4. The molecule has 0 spiro atoms. The summed E-state index contributed by atoms with van der Waals surface area (Å²) < 4.78 is 4.96. The summed E-state index contributed by atoms with van der Waals surface area (Å²) in [7, 11) is 0. The number of rotatable bonds is 6. The van der Waals surface area contributed by atoms with Crippen LogP contribution >= 0.6 is 11.6 Å². The van der Waals surface area contributed by atoms with Gasteiger partial charge in [0.2, 0.25) is 0 Å². The van der Waals surface area contributed by atoms with Gasteiger partial charge in [-0.15, -0.1) is 0 Å². The van der Waals surface area contributed by atoms with Crippen molar-refractivity contribution in [1.82, 2.24) is 5.32 Å². The zero-order valence-corrected chi connectivity index (χ0v) is 13.9. The molecule has 1 amide bonds. The molecule has 126 valence electrons. The van der Waals surface area contributed by atoms with Crippen LogP contribution in [0.4, 0.5) is 0 Å². The molecule has 0 unspecified atom stereocenters. The zero-order valence-electron chi connectivity index (χ0n) is 13.2. The number of hydrogen-bond acceptors (Lipinski definition) is 4. The lowest BCUT2D eigenvalue weighted by Crippen LogP contribution is -2.31. The third-order valence-electron chi connectivity index (χ3n) is 3.38. The molecule has 1 atom stereocenters. The first kappa shape index (κ1) is 17.8. The summed E-state index contributed by atoms with van der Waals surface area (Å²) in [6, 6.07) is 13.2. The van der Waals surface area contributed by atoms with Gasteiger partial charge in [-0.05, 0) is 42.3 Å². The number of ether oxygens (including phenoxy) is 1. The highest BCUT2D eigenvalue weighted by Crippen LogP contribution is 2.17. The van der Waals surface area contributed by atoms with Gasteiger partial charge in [-0.2, -0.15) is 0 Å². The molecule has 5 nitrogen and oxygen atoms in total. The van der Waals surface area contributed by atoms with E-state index < -0.39 is 5.97 Å². The molecule has 0 bridgehead atoms. The van der Waals surface area contributed by atoms with Crippen LogP contribution < -0.4 is 5.32 Å². The predicted molar refractivity (Wildman–Crippen MR) is 90.8 cm³/mol. The number of aromatic hydroxyl groups is 1. The fourth-order valence-corrected chi connectivity index (χ4v) is 2.32. The monoisotopic (exact) mass is 347 g/mol. The lowest BCUT2D eigenvalue weighted by Gasteiger charge is -2.14. The SMILES string of the molecule is C[C@@H](NC(=O)COC(=O)Cc1ccc(O)cc1)c1cccc(Cl)c1. The van der Waals surface area contributed by atoms with Crippen molar-refractivity contribution in [1.29, 1.82) is 0 Å². The maximum Gasteiger partial charge on any atom is 0.310 e. The van der Waals surface area contributed by atoms with Crippen LogP contribution in [-0.4, -0.2) is 23.6 Å². The molecule has 0 radical (unpaired) electrons. The van der Waals surface area contributed by atoms with Crippen LogP contribution in [0.5, 0.6) is 5.75 Å². The standard InChI is InChI=1S/C18H18ClNO4/c1-12(14-3-2-4-15(19)10-14)20-17(22)11-24-18(23)9-13-5-7-16(21)8-6-13/h2-8,10,12,21H,9,11H2,1H3,(H,20,22)/t12-/m1/s1. The molecule has 2 aromatic carbocycles. The van der Waals surface area contributed by atoms with Gasteiger partial charge in [0.15, 0.2) is 6.61 Å². The second-order valence-corrected chi connectivity index (χ2v) is 5.78. The summed E-state index contributed by atoms with van der Waals surface area (Å²) in [5.74, 6) is -0.769. The summed E-state index contributed by atoms with van der Waals surface area (Å²) in [4.78, 5) is 23.6. The number of nitrogens with one attached hydrogen (secondary N) is 1. The van der Waals surface area contributed by atoms with Gasteiger partial charge >= 0.3 is 5.97 Å². The normalized spacial score (nSPS) is 11.6. The minimum Gasteiger partial charge on any atom is -0.508 e. The van der Waals surface area contributed by atoms with Gasteiger partial charge in [-0.3, -0.25) is 9.59 Å².